The van der Waals surface area contributed by atoms with Crippen LogP contribution >= 0.6 is 15.9 Å². The van der Waals surface area contributed by atoms with Gasteiger partial charge >= 0.3 is 0 Å². The van der Waals surface area contributed by atoms with E-state index in [0.29, 0.717) is 0 Å². The smallest absolute Gasteiger partial charge is 0.182 e. The van der Waals surface area contributed by atoms with E-state index in [2.05, 4.69) is 31.5 Å². The number of ether oxygens (including phenoxy) is 1. The van der Waals surface area contributed by atoms with E-state index >= 15 is 0 Å². The highest BCUT2D eigenvalue weighted by molar-refractivity contribution is 9.10. The van der Waals surface area contributed by atoms with Crippen LogP contribution in [0.25, 0.3) is 11.4 Å². The number of halogens is 1. The third kappa shape index (κ3) is 2.43. The van der Waals surface area contributed by atoms with Crippen molar-refractivity contribution in [2.24, 2.45) is 0 Å². The minimum atomic E-state index is 0.286. The number of nitrogens with zero attached hydrogens (tertiary/aromatic N) is 4. The van der Waals surface area contributed by atoms with Crippen LogP contribution in [0.1, 0.15) is 24.4 Å². The summed E-state index contributed by atoms with van der Waals surface area (Å²) in [6.45, 7) is 3.49. The topological polar surface area (TPSA) is 78.9 Å². The van der Waals surface area contributed by atoms with Crippen LogP contribution in [0.3, 0.4) is 0 Å². The molecule has 1 aliphatic heterocycles. The maximum Gasteiger partial charge on any atom is 0.182 e. The number of hydrogen-bond acceptors (Lipinski definition) is 5. The van der Waals surface area contributed by atoms with E-state index < -0.39 is 0 Å². The molecule has 0 atom stereocenters. The highest BCUT2D eigenvalue weighted by atomic mass is 79.9. The third-order valence-corrected chi connectivity index (χ3v) is 4.14. The number of tetrazole rings is 1. The second-order valence-electron chi connectivity index (χ2n) is 4.96. The second kappa shape index (κ2) is 5.49. The first-order chi connectivity index (χ1) is 9.66. The Labute approximate surface area is 125 Å². The van der Waals surface area contributed by atoms with Crippen molar-refractivity contribution in [3.63, 3.8) is 0 Å². The first-order valence-electron chi connectivity index (χ1n) is 6.58. The van der Waals surface area contributed by atoms with E-state index in [1.54, 1.807) is 0 Å². The van der Waals surface area contributed by atoms with Crippen molar-refractivity contribution in [3.8, 4) is 11.4 Å². The first-order valence-corrected chi connectivity index (χ1v) is 7.37. The minimum Gasteiger partial charge on any atom is -0.398 e. The summed E-state index contributed by atoms with van der Waals surface area (Å²) in [7, 11) is 0. The molecule has 0 amide bonds. The highest BCUT2D eigenvalue weighted by Gasteiger charge is 2.22. The van der Waals surface area contributed by atoms with Crippen molar-refractivity contribution in [1.29, 1.82) is 0 Å². The molecule has 6 nitrogen and oxygen atoms in total. The van der Waals surface area contributed by atoms with Gasteiger partial charge in [-0.15, -0.1) is 5.10 Å². The summed E-state index contributed by atoms with van der Waals surface area (Å²) in [5.74, 6) is 0.766. The quantitative estimate of drug-likeness (QED) is 0.851. The van der Waals surface area contributed by atoms with Crippen LogP contribution in [0.4, 0.5) is 5.69 Å². The molecule has 1 saturated heterocycles. The number of anilines is 1. The molecule has 20 heavy (non-hydrogen) atoms. The molecule has 2 aromatic rings. The molecule has 106 valence electrons. The van der Waals surface area contributed by atoms with Gasteiger partial charge in [-0.05, 0) is 47.9 Å². The molecule has 3 rings (SSSR count). The van der Waals surface area contributed by atoms with E-state index in [1.807, 2.05) is 23.7 Å². The molecule has 2 heterocycles. The number of aromatic nitrogens is 4. The van der Waals surface area contributed by atoms with Gasteiger partial charge < -0.3 is 10.5 Å². The number of nitrogens with two attached hydrogens (primary N) is 1. The van der Waals surface area contributed by atoms with Crippen LogP contribution < -0.4 is 5.73 Å². The molecule has 1 aliphatic rings. The van der Waals surface area contributed by atoms with E-state index in [4.69, 9.17) is 10.5 Å². The number of rotatable bonds is 2. The summed E-state index contributed by atoms with van der Waals surface area (Å²) in [5.41, 5.74) is 8.72. The number of nitrogen functional groups attached to an aromatic ring is 1. The predicted octanol–water partition coefficient (Wildman–Crippen LogP) is 2.34. The normalized spacial score (nSPS) is 16.5. The fourth-order valence-corrected chi connectivity index (χ4v) is 2.95. The van der Waals surface area contributed by atoms with Crippen LogP contribution in [0.15, 0.2) is 16.6 Å². The Balaban J connectivity index is 2.05. The van der Waals surface area contributed by atoms with Gasteiger partial charge in [0.2, 0.25) is 0 Å². The Morgan fingerprint density at radius 1 is 1.35 bits per heavy atom. The zero-order valence-electron chi connectivity index (χ0n) is 11.2. The third-order valence-electron chi connectivity index (χ3n) is 3.68. The van der Waals surface area contributed by atoms with Gasteiger partial charge in [0.25, 0.3) is 0 Å². The Morgan fingerprint density at radius 2 is 2.10 bits per heavy atom. The molecule has 0 unspecified atom stereocenters. The number of hydrogen-bond donors (Lipinski definition) is 1. The molecular weight excluding hydrogens is 322 g/mol. The second-order valence-corrected chi connectivity index (χ2v) is 5.87. The maximum absolute atomic E-state index is 6.03. The Kier molecular flexibility index (Phi) is 3.71. The minimum absolute atomic E-state index is 0.286. The van der Waals surface area contributed by atoms with Crippen molar-refractivity contribution in [2.75, 3.05) is 18.9 Å². The standard InChI is InChI=1S/C13H16BrN5O/c1-8-11(6-9(14)7-12(8)15)13-16-17-18-19(13)10-2-4-20-5-3-10/h6-7,10H,2-5,15H2,1H3. The van der Waals surface area contributed by atoms with Crippen LogP contribution in [-0.4, -0.2) is 33.4 Å². The molecule has 7 heteroatoms. The van der Waals surface area contributed by atoms with Gasteiger partial charge in [-0.1, -0.05) is 15.9 Å². The van der Waals surface area contributed by atoms with E-state index in [-0.39, 0.29) is 6.04 Å². The summed E-state index contributed by atoms with van der Waals surface area (Å²) in [5, 5.41) is 12.2. The zero-order chi connectivity index (χ0) is 14.1. The van der Waals surface area contributed by atoms with Crippen molar-refractivity contribution in [2.45, 2.75) is 25.8 Å². The Bertz CT molecular complexity index is 621. The van der Waals surface area contributed by atoms with Gasteiger partial charge in [0, 0.05) is 28.9 Å². The molecule has 2 N–H and O–H groups in total. The lowest BCUT2D eigenvalue weighted by Gasteiger charge is -2.23. The molecule has 0 saturated carbocycles. The van der Waals surface area contributed by atoms with Crippen LogP contribution in [0, 0.1) is 6.92 Å². The van der Waals surface area contributed by atoms with Gasteiger partial charge in [0.1, 0.15) is 0 Å². The average molecular weight is 338 g/mol. The van der Waals surface area contributed by atoms with E-state index in [9.17, 15) is 0 Å². The van der Waals surface area contributed by atoms with Crippen LogP contribution in [0.2, 0.25) is 0 Å². The predicted molar refractivity (Wildman–Crippen MR) is 79.2 cm³/mol. The SMILES string of the molecule is Cc1c(N)cc(Br)cc1-c1nnnn1C1CCOCC1. The Morgan fingerprint density at radius 3 is 2.85 bits per heavy atom. The lowest BCUT2D eigenvalue weighted by Crippen LogP contribution is -2.21. The zero-order valence-corrected chi connectivity index (χ0v) is 12.8. The summed E-state index contributed by atoms with van der Waals surface area (Å²) in [4.78, 5) is 0. The molecule has 0 radical (unpaired) electrons. The van der Waals surface area contributed by atoms with Gasteiger partial charge in [-0.25, -0.2) is 4.68 Å². The lowest BCUT2D eigenvalue weighted by molar-refractivity contribution is 0.0662. The summed E-state index contributed by atoms with van der Waals surface area (Å²) < 4.78 is 8.22. The average Bonchev–Trinajstić information content (AvgIpc) is 2.93. The summed E-state index contributed by atoms with van der Waals surface area (Å²) >= 11 is 3.48. The van der Waals surface area contributed by atoms with E-state index in [1.165, 1.54) is 0 Å². The molecule has 1 fully saturated rings. The Hall–Kier alpha value is -1.47. The largest absolute Gasteiger partial charge is 0.398 e. The summed E-state index contributed by atoms with van der Waals surface area (Å²) in [6, 6.07) is 4.18. The van der Waals surface area contributed by atoms with Crippen molar-refractivity contribution in [3.05, 3.63) is 22.2 Å². The number of benzene rings is 1. The molecule has 0 spiro atoms. The van der Waals surface area contributed by atoms with Gasteiger partial charge in [0.15, 0.2) is 5.82 Å². The fourth-order valence-electron chi connectivity index (χ4n) is 2.48. The molecular formula is C13H16BrN5O. The highest BCUT2D eigenvalue weighted by Crippen LogP contribution is 2.32. The fraction of sp³-hybridized carbons (Fsp3) is 0.462. The van der Waals surface area contributed by atoms with Crippen molar-refractivity contribution in [1.82, 2.24) is 20.2 Å². The lowest BCUT2D eigenvalue weighted by atomic mass is 10.0. The molecule has 0 aliphatic carbocycles. The van der Waals surface area contributed by atoms with Gasteiger partial charge in [-0.2, -0.15) is 0 Å². The van der Waals surface area contributed by atoms with Crippen LogP contribution in [-0.2, 0) is 4.74 Å². The van der Waals surface area contributed by atoms with E-state index in [0.717, 1.165) is 53.2 Å². The summed E-state index contributed by atoms with van der Waals surface area (Å²) in [6.07, 6.45) is 1.86. The van der Waals surface area contributed by atoms with Gasteiger partial charge in [-0.3, -0.25) is 0 Å². The monoisotopic (exact) mass is 337 g/mol. The van der Waals surface area contributed by atoms with Crippen molar-refractivity contribution < 1.29 is 4.74 Å². The van der Waals surface area contributed by atoms with Crippen LogP contribution in [0.5, 0.6) is 0 Å². The van der Waals surface area contributed by atoms with Gasteiger partial charge in [0.05, 0.1) is 6.04 Å². The first kappa shape index (κ1) is 13.5. The molecule has 0 bridgehead atoms. The van der Waals surface area contributed by atoms with Crippen molar-refractivity contribution >= 4 is 21.6 Å². The molecule has 1 aromatic heterocycles. The maximum atomic E-state index is 6.03. The molecule has 1 aromatic carbocycles.